The SMILES string of the molecule is CC(OC(=O)c1cccc(Cl)c1Cl)C(=O)NCc1ccc(F)cc1. The fraction of sp³-hybridized carbons (Fsp3) is 0.176. The van der Waals surface area contributed by atoms with Gasteiger partial charge in [-0.15, -0.1) is 0 Å². The van der Waals surface area contributed by atoms with Crippen LogP contribution in [0.15, 0.2) is 42.5 Å². The zero-order valence-corrected chi connectivity index (χ0v) is 14.2. The van der Waals surface area contributed by atoms with E-state index in [-0.39, 0.29) is 28.0 Å². The second-order valence-electron chi connectivity index (χ2n) is 4.99. The average molecular weight is 370 g/mol. The fourth-order valence-electron chi connectivity index (χ4n) is 1.87. The summed E-state index contributed by atoms with van der Waals surface area (Å²) in [6.45, 7) is 1.63. The van der Waals surface area contributed by atoms with Crippen molar-refractivity contribution in [1.29, 1.82) is 0 Å². The molecule has 1 N–H and O–H groups in total. The molecule has 2 rings (SSSR count). The van der Waals surface area contributed by atoms with Crippen LogP contribution in [0.3, 0.4) is 0 Å². The number of ether oxygens (including phenoxy) is 1. The van der Waals surface area contributed by atoms with Gasteiger partial charge in [0.1, 0.15) is 5.82 Å². The summed E-state index contributed by atoms with van der Waals surface area (Å²) in [6, 6.07) is 10.3. The topological polar surface area (TPSA) is 55.4 Å². The molecule has 1 unspecified atom stereocenters. The molecule has 0 saturated heterocycles. The number of rotatable bonds is 5. The van der Waals surface area contributed by atoms with Gasteiger partial charge in [0, 0.05) is 6.54 Å². The lowest BCUT2D eigenvalue weighted by Crippen LogP contribution is -2.35. The van der Waals surface area contributed by atoms with Crippen LogP contribution in [0.1, 0.15) is 22.8 Å². The Balaban J connectivity index is 1.92. The van der Waals surface area contributed by atoms with Gasteiger partial charge in [0.25, 0.3) is 5.91 Å². The first-order valence-electron chi connectivity index (χ1n) is 7.05. The molecule has 126 valence electrons. The maximum Gasteiger partial charge on any atom is 0.340 e. The molecule has 0 aliphatic carbocycles. The van der Waals surface area contributed by atoms with E-state index in [9.17, 15) is 14.0 Å². The molecule has 1 atom stereocenters. The summed E-state index contributed by atoms with van der Waals surface area (Å²) in [5.41, 5.74) is 0.809. The third kappa shape index (κ3) is 4.69. The Morgan fingerprint density at radius 3 is 2.50 bits per heavy atom. The first kappa shape index (κ1) is 18.2. The highest BCUT2D eigenvalue weighted by Crippen LogP contribution is 2.26. The Morgan fingerprint density at radius 2 is 1.83 bits per heavy atom. The molecule has 0 bridgehead atoms. The van der Waals surface area contributed by atoms with Gasteiger partial charge in [0.2, 0.25) is 0 Å². The highest BCUT2D eigenvalue weighted by atomic mass is 35.5. The Labute approximate surface area is 148 Å². The van der Waals surface area contributed by atoms with E-state index in [4.69, 9.17) is 27.9 Å². The van der Waals surface area contributed by atoms with Crippen LogP contribution in [0.4, 0.5) is 4.39 Å². The summed E-state index contributed by atoms with van der Waals surface area (Å²) >= 11 is 11.8. The predicted molar refractivity (Wildman–Crippen MR) is 89.6 cm³/mol. The molecule has 0 aliphatic rings. The first-order valence-corrected chi connectivity index (χ1v) is 7.81. The minimum atomic E-state index is -1.02. The highest BCUT2D eigenvalue weighted by Gasteiger charge is 2.21. The summed E-state index contributed by atoms with van der Waals surface area (Å²) in [5, 5.41) is 2.90. The van der Waals surface area contributed by atoms with Crippen LogP contribution >= 0.6 is 23.2 Å². The van der Waals surface area contributed by atoms with Gasteiger partial charge < -0.3 is 10.1 Å². The summed E-state index contributed by atoms with van der Waals surface area (Å²) in [5.74, 6) is -1.58. The Bertz CT molecular complexity index is 750. The maximum absolute atomic E-state index is 12.8. The van der Waals surface area contributed by atoms with E-state index in [1.54, 1.807) is 24.3 Å². The van der Waals surface area contributed by atoms with Crippen molar-refractivity contribution >= 4 is 35.1 Å². The van der Waals surface area contributed by atoms with Crippen LogP contribution < -0.4 is 5.32 Å². The monoisotopic (exact) mass is 369 g/mol. The van der Waals surface area contributed by atoms with E-state index >= 15 is 0 Å². The number of esters is 1. The maximum atomic E-state index is 12.8. The van der Waals surface area contributed by atoms with Gasteiger partial charge in [-0.3, -0.25) is 4.79 Å². The number of amides is 1. The number of nitrogens with one attached hydrogen (secondary N) is 1. The van der Waals surface area contributed by atoms with Crippen molar-refractivity contribution in [3.63, 3.8) is 0 Å². The van der Waals surface area contributed by atoms with Gasteiger partial charge in [-0.25, -0.2) is 9.18 Å². The average Bonchev–Trinajstić information content (AvgIpc) is 2.56. The number of carbonyl (C=O) groups is 2. The molecule has 7 heteroatoms. The van der Waals surface area contributed by atoms with Gasteiger partial charge in [-0.1, -0.05) is 41.4 Å². The van der Waals surface area contributed by atoms with Gasteiger partial charge in [-0.2, -0.15) is 0 Å². The Hall–Kier alpha value is -2.11. The Morgan fingerprint density at radius 1 is 1.17 bits per heavy atom. The number of halogens is 3. The summed E-state index contributed by atoms with van der Waals surface area (Å²) in [7, 11) is 0. The molecule has 0 spiro atoms. The van der Waals surface area contributed by atoms with E-state index in [1.807, 2.05) is 0 Å². The highest BCUT2D eigenvalue weighted by molar-refractivity contribution is 6.43. The van der Waals surface area contributed by atoms with Gasteiger partial charge in [0.05, 0.1) is 15.6 Å². The molecular weight excluding hydrogens is 356 g/mol. The number of hydrogen-bond acceptors (Lipinski definition) is 3. The van der Waals surface area contributed by atoms with E-state index in [0.717, 1.165) is 5.56 Å². The summed E-state index contributed by atoms with van der Waals surface area (Å²) in [4.78, 5) is 24.0. The molecule has 0 saturated carbocycles. The van der Waals surface area contributed by atoms with Crippen molar-refractivity contribution in [2.75, 3.05) is 0 Å². The lowest BCUT2D eigenvalue weighted by atomic mass is 10.2. The van der Waals surface area contributed by atoms with Crippen LogP contribution in [0.2, 0.25) is 10.0 Å². The number of benzene rings is 2. The fourth-order valence-corrected chi connectivity index (χ4v) is 2.25. The van der Waals surface area contributed by atoms with Crippen molar-refractivity contribution in [1.82, 2.24) is 5.32 Å². The number of carbonyl (C=O) groups excluding carboxylic acids is 2. The number of hydrogen-bond donors (Lipinski definition) is 1. The molecule has 0 aliphatic heterocycles. The molecule has 4 nitrogen and oxygen atoms in total. The summed E-state index contributed by atoms with van der Waals surface area (Å²) < 4.78 is 17.9. The van der Waals surface area contributed by atoms with Crippen LogP contribution in [-0.4, -0.2) is 18.0 Å². The smallest absolute Gasteiger partial charge is 0.340 e. The first-order chi connectivity index (χ1) is 11.4. The van der Waals surface area contributed by atoms with Crippen molar-refractivity contribution in [3.8, 4) is 0 Å². The minimum absolute atomic E-state index is 0.0723. The largest absolute Gasteiger partial charge is 0.449 e. The van der Waals surface area contributed by atoms with Crippen molar-refractivity contribution in [2.45, 2.75) is 19.6 Å². The van der Waals surface area contributed by atoms with Crippen LogP contribution in [-0.2, 0) is 16.1 Å². The van der Waals surface area contributed by atoms with Gasteiger partial charge in [0.15, 0.2) is 6.10 Å². The zero-order valence-electron chi connectivity index (χ0n) is 12.7. The zero-order chi connectivity index (χ0) is 17.7. The van der Waals surface area contributed by atoms with Crippen LogP contribution in [0, 0.1) is 5.82 Å². The quantitative estimate of drug-likeness (QED) is 0.810. The Kier molecular flexibility index (Phi) is 6.17. The molecule has 24 heavy (non-hydrogen) atoms. The summed E-state index contributed by atoms with van der Waals surface area (Å²) in [6.07, 6.45) is -1.02. The molecule has 1 amide bonds. The van der Waals surface area contributed by atoms with E-state index in [2.05, 4.69) is 5.32 Å². The van der Waals surface area contributed by atoms with E-state index in [0.29, 0.717) is 0 Å². The standard InChI is InChI=1S/C17H14Cl2FNO3/c1-10(16(22)21-9-11-5-7-12(20)8-6-11)24-17(23)13-3-2-4-14(18)15(13)19/h2-8,10H,9H2,1H3,(H,21,22). The van der Waals surface area contributed by atoms with Crippen molar-refractivity contribution in [2.24, 2.45) is 0 Å². The second-order valence-corrected chi connectivity index (χ2v) is 5.78. The molecule has 0 fully saturated rings. The lowest BCUT2D eigenvalue weighted by Gasteiger charge is -2.14. The van der Waals surface area contributed by atoms with E-state index < -0.39 is 18.0 Å². The lowest BCUT2D eigenvalue weighted by molar-refractivity contribution is -0.129. The minimum Gasteiger partial charge on any atom is -0.449 e. The van der Waals surface area contributed by atoms with Crippen LogP contribution in [0.25, 0.3) is 0 Å². The molecule has 2 aromatic carbocycles. The van der Waals surface area contributed by atoms with Crippen LogP contribution in [0.5, 0.6) is 0 Å². The molecule has 0 aromatic heterocycles. The van der Waals surface area contributed by atoms with E-state index in [1.165, 1.54) is 25.1 Å². The van der Waals surface area contributed by atoms with Gasteiger partial charge >= 0.3 is 5.97 Å². The van der Waals surface area contributed by atoms with Crippen molar-refractivity contribution < 1.29 is 18.7 Å². The third-order valence-corrected chi connectivity index (χ3v) is 4.02. The second kappa shape index (κ2) is 8.13. The van der Waals surface area contributed by atoms with Crippen molar-refractivity contribution in [3.05, 3.63) is 69.5 Å². The molecular formula is C17H14Cl2FNO3. The normalized spacial score (nSPS) is 11.7. The van der Waals surface area contributed by atoms with Gasteiger partial charge in [-0.05, 0) is 36.8 Å². The predicted octanol–water partition coefficient (Wildman–Crippen LogP) is 3.99. The third-order valence-electron chi connectivity index (χ3n) is 3.20. The molecule has 0 radical (unpaired) electrons. The molecule has 0 heterocycles. The molecule has 2 aromatic rings.